The lowest BCUT2D eigenvalue weighted by Crippen LogP contribution is -2.47. The molecule has 1 saturated heterocycles. The van der Waals surface area contributed by atoms with Gasteiger partial charge in [-0.25, -0.2) is 0 Å². The molecule has 2 fully saturated rings. The van der Waals surface area contributed by atoms with Gasteiger partial charge in [0.05, 0.1) is 16.2 Å². The van der Waals surface area contributed by atoms with Gasteiger partial charge in [-0.15, -0.1) is 0 Å². The normalized spacial score (nSPS) is 17.0. The third-order valence-electron chi connectivity index (χ3n) is 5.70. The largest absolute Gasteiger partial charge is 0.380 e. The van der Waals surface area contributed by atoms with Crippen LogP contribution in [-0.4, -0.2) is 42.5 Å². The Bertz CT molecular complexity index is 910. The zero-order valence-corrected chi connectivity index (χ0v) is 16.4. The average Bonchev–Trinajstić information content (AvgIpc) is 3.57. The van der Waals surface area contributed by atoms with Crippen molar-refractivity contribution in [3.05, 3.63) is 63.7 Å². The number of hydrogen-bond acceptors (Lipinski definition) is 6. The van der Waals surface area contributed by atoms with Gasteiger partial charge in [0.2, 0.25) is 0 Å². The van der Waals surface area contributed by atoms with Gasteiger partial charge in [-0.05, 0) is 42.5 Å². The van der Waals surface area contributed by atoms with Crippen LogP contribution in [0.4, 0.5) is 17.1 Å². The van der Waals surface area contributed by atoms with E-state index in [-0.39, 0.29) is 11.3 Å². The van der Waals surface area contributed by atoms with Crippen LogP contribution < -0.4 is 10.2 Å². The van der Waals surface area contributed by atoms with Crippen molar-refractivity contribution in [1.29, 1.82) is 5.26 Å². The summed E-state index contributed by atoms with van der Waals surface area (Å²) in [5, 5.41) is 23.3. The van der Waals surface area contributed by atoms with E-state index in [0.29, 0.717) is 12.2 Å². The van der Waals surface area contributed by atoms with Crippen LogP contribution in [0.3, 0.4) is 0 Å². The molecule has 2 aromatic rings. The van der Waals surface area contributed by atoms with E-state index in [4.69, 9.17) is 0 Å². The van der Waals surface area contributed by atoms with Gasteiger partial charge < -0.3 is 10.2 Å². The fourth-order valence-electron chi connectivity index (χ4n) is 3.77. The molecule has 7 nitrogen and oxygen atoms in total. The van der Waals surface area contributed by atoms with E-state index in [1.54, 1.807) is 6.07 Å². The van der Waals surface area contributed by atoms with Crippen LogP contribution in [0, 0.1) is 27.4 Å². The summed E-state index contributed by atoms with van der Waals surface area (Å²) in [4.78, 5) is 15.4. The summed E-state index contributed by atoms with van der Waals surface area (Å²) in [5.74, 6) is 0.950. The van der Waals surface area contributed by atoms with Crippen LogP contribution in [0.25, 0.3) is 0 Å². The lowest BCUT2D eigenvalue weighted by Gasteiger charge is -2.36. The molecule has 1 aliphatic carbocycles. The Labute approximate surface area is 170 Å². The molecule has 7 heteroatoms. The van der Waals surface area contributed by atoms with Crippen molar-refractivity contribution in [1.82, 2.24) is 4.90 Å². The maximum atomic E-state index is 10.9. The molecule has 1 heterocycles. The lowest BCUT2D eigenvalue weighted by molar-refractivity contribution is -0.384. The van der Waals surface area contributed by atoms with Crippen molar-refractivity contribution >= 4 is 17.1 Å². The second-order valence-corrected chi connectivity index (χ2v) is 7.85. The molecule has 1 N–H and O–H groups in total. The number of anilines is 2. The standard InChI is InChI=1S/C22H25N5O2/c23-14-19-13-21(27(28)29)7-8-22(19)24-15-17-3-5-20(6-4-17)26-11-9-25(10-12-26)16-18-1-2-18/h3-8,13,18,24H,1-2,9-12,15-16H2. The molecule has 0 aromatic heterocycles. The maximum Gasteiger partial charge on any atom is 0.270 e. The maximum absolute atomic E-state index is 10.9. The summed E-state index contributed by atoms with van der Waals surface area (Å²) in [5.41, 5.74) is 3.15. The highest BCUT2D eigenvalue weighted by atomic mass is 16.6. The Hall–Kier alpha value is -3.11. The van der Waals surface area contributed by atoms with Gasteiger partial charge in [-0.3, -0.25) is 15.0 Å². The number of nitro groups is 1. The first-order valence-electron chi connectivity index (χ1n) is 10.1. The topological polar surface area (TPSA) is 85.4 Å². The second kappa shape index (κ2) is 8.50. The Morgan fingerprint density at radius 1 is 1.10 bits per heavy atom. The highest BCUT2D eigenvalue weighted by Crippen LogP contribution is 2.30. The van der Waals surface area contributed by atoms with Crippen LogP contribution in [0.2, 0.25) is 0 Å². The summed E-state index contributed by atoms with van der Waals surface area (Å²) in [6.45, 7) is 6.23. The first kappa shape index (κ1) is 19.2. The Balaban J connectivity index is 1.32. The fraction of sp³-hybridized carbons (Fsp3) is 0.409. The molecule has 2 aliphatic rings. The zero-order valence-electron chi connectivity index (χ0n) is 16.4. The monoisotopic (exact) mass is 391 g/mol. The van der Waals surface area contributed by atoms with E-state index >= 15 is 0 Å². The van der Waals surface area contributed by atoms with Gasteiger partial charge in [0.25, 0.3) is 5.69 Å². The number of benzene rings is 2. The number of non-ortho nitro benzene ring substituents is 1. The predicted molar refractivity (Wildman–Crippen MR) is 113 cm³/mol. The molecule has 0 atom stereocenters. The molecule has 0 spiro atoms. The molecule has 0 amide bonds. The molecule has 1 aliphatic heterocycles. The van der Waals surface area contributed by atoms with E-state index in [1.807, 2.05) is 6.07 Å². The predicted octanol–water partition coefficient (Wildman–Crippen LogP) is 3.61. The van der Waals surface area contributed by atoms with E-state index in [0.717, 1.165) is 37.7 Å². The number of nitrogens with one attached hydrogen (secondary N) is 1. The highest BCUT2D eigenvalue weighted by molar-refractivity contribution is 5.61. The van der Waals surface area contributed by atoms with Gasteiger partial charge in [0.15, 0.2) is 0 Å². The molecule has 0 unspecified atom stereocenters. The van der Waals surface area contributed by atoms with Gasteiger partial charge >= 0.3 is 0 Å². The first-order valence-corrected chi connectivity index (χ1v) is 10.1. The molecule has 150 valence electrons. The second-order valence-electron chi connectivity index (χ2n) is 7.85. The summed E-state index contributed by atoms with van der Waals surface area (Å²) in [7, 11) is 0. The van der Waals surface area contributed by atoms with E-state index < -0.39 is 4.92 Å². The summed E-state index contributed by atoms with van der Waals surface area (Å²) in [6, 6.07) is 14.8. The summed E-state index contributed by atoms with van der Waals surface area (Å²) in [6.07, 6.45) is 2.82. The van der Waals surface area contributed by atoms with Crippen molar-refractivity contribution in [2.75, 3.05) is 42.9 Å². The molecule has 1 saturated carbocycles. The number of nitro benzene ring substituents is 1. The van der Waals surface area contributed by atoms with Crippen LogP contribution in [0.15, 0.2) is 42.5 Å². The van der Waals surface area contributed by atoms with Crippen molar-refractivity contribution < 1.29 is 4.92 Å². The Morgan fingerprint density at radius 2 is 1.83 bits per heavy atom. The fourth-order valence-corrected chi connectivity index (χ4v) is 3.77. The molecular weight excluding hydrogens is 366 g/mol. The molecule has 2 aromatic carbocycles. The van der Waals surface area contributed by atoms with E-state index in [2.05, 4.69) is 39.4 Å². The smallest absolute Gasteiger partial charge is 0.270 e. The van der Waals surface area contributed by atoms with Gasteiger partial charge in [0.1, 0.15) is 6.07 Å². The van der Waals surface area contributed by atoms with Crippen molar-refractivity contribution in [3.63, 3.8) is 0 Å². The quantitative estimate of drug-likeness (QED) is 0.573. The van der Waals surface area contributed by atoms with E-state index in [1.165, 1.54) is 37.2 Å². The number of piperazine rings is 1. The lowest BCUT2D eigenvalue weighted by atomic mass is 10.1. The van der Waals surface area contributed by atoms with Gasteiger partial charge in [0, 0.05) is 57.1 Å². The van der Waals surface area contributed by atoms with Crippen molar-refractivity contribution in [2.45, 2.75) is 19.4 Å². The first-order chi connectivity index (χ1) is 14.1. The molecular formula is C22H25N5O2. The SMILES string of the molecule is N#Cc1cc([N+](=O)[O-])ccc1NCc1ccc(N2CCN(CC3CC3)CC2)cc1. The van der Waals surface area contributed by atoms with Crippen LogP contribution in [0.5, 0.6) is 0 Å². The average molecular weight is 391 g/mol. The Morgan fingerprint density at radius 3 is 2.45 bits per heavy atom. The van der Waals surface area contributed by atoms with E-state index in [9.17, 15) is 15.4 Å². The minimum absolute atomic E-state index is 0.0753. The zero-order chi connectivity index (χ0) is 20.2. The van der Waals surface area contributed by atoms with Crippen molar-refractivity contribution in [3.8, 4) is 6.07 Å². The molecule has 0 bridgehead atoms. The number of rotatable bonds is 7. The number of hydrogen-bond donors (Lipinski definition) is 1. The van der Waals surface area contributed by atoms with Crippen LogP contribution in [-0.2, 0) is 6.54 Å². The number of nitriles is 1. The number of nitrogens with zero attached hydrogens (tertiary/aromatic N) is 4. The van der Waals surface area contributed by atoms with Crippen LogP contribution >= 0.6 is 0 Å². The molecule has 29 heavy (non-hydrogen) atoms. The minimum atomic E-state index is -0.491. The van der Waals surface area contributed by atoms with Gasteiger partial charge in [-0.2, -0.15) is 5.26 Å². The summed E-state index contributed by atoms with van der Waals surface area (Å²) < 4.78 is 0. The summed E-state index contributed by atoms with van der Waals surface area (Å²) >= 11 is 0. The molecule has 4 rings (SSSR count). The molecule has 0 radical (unpaired) electrons. The van der Waals surface area contributed by atoms with Crippen LogP contribution in [0.1, 0.15) is 24.0 Å². The minimum Gasteiger partial charge on any atom is -0.380 e. The third kappa shape index (κ3) is 4.84. The van der Waals surface area contributed by atoms with Crippen molar-refractivity contribution in [2.24, 2.45) is 5.92 Å². The Kier molecular flexibility index (Phi) is 5.63. The third-order valence-corrected chi connectivity index (χ3v) is 5.70. The highest BCUT2D eigenvalue weighted by Gasteiger charge is 2.26. The van der Waals surface area contributed by atoms with Gasteiger partial charge in [-0.1, -0.05) is 12.1 Å².